The number of fused-ring (bicyclic) bond motifs is 1. The Balaban J connectivity index is 1.48. The number of carbonyl (C=O) groups is 1. The second kappa shape index (κ2) is 7.09. The zero-order valence-electron chi connectivity index (χ0n) is 14.9. The third kappa shape index (κ3) is 3.48. The van der Waals surface area contributed by atoms with Gasteiger partial charge >= 0.3 is 0 Å². The van der Waals surface area contributed by atoms with E-state index in [-0.39, 0.29) is 0 Å². The number of H-pyrrole nitrogens is 1. The molecule has 1 saturated carbocycles. The van der Waals surface area contributed by atoms with Gasteiger partial charge in [0.25, 0.3) is 0 Å². The molecule has 138 valence electrons. The maximum Gasteiger partial charge on any atom is 0.195 e. The second-order valence-electron chi connectivity index (χ2n) is 6.77. The Morgan fingerprint density at radius 3 is 2.68 bits per heavy atom. The van der Waals surface area contributed by atoms with Crippen molar-refractivity contribution in [3.05, 3.63) is 65.9 Å². The zero-order valence-corrected chi connectivity index (χ0v) is 15.7. The van der Waals surface area contributed by atoms with Gasteiger partial charge in [-0.2, -0.15) is 5.10 Å². The van der Waals surface area contributed by atoms with Gasteiger partial charge in [-0.15, -0.1) is 0 Å². The number of anilines is 2. The van der Waals surface area contributed by atoms with Crippen molar-refractivity contribution in [2.75, 3.05) is 5.32 Å². The molecule has 28 heavy (non-hydrogen) atoms. The highest BCUT2D eigenvalue weighted by atomic mass is 32.2. The van der Waals surface area contributed by atoms with Gasteiger partial charge in [-0.1, -0.05) is 24.3 Å². The maximum absolute atomic E-state index is 10.8. The van der Waals surface area contributed by atoms with Crippen molar-refractivity contribution in [3.8, 4) is 0 Å². The lowest BCUT2D eigenvalue weighted by molar-refractivity contribution is 0.112. The summed E-state index contributed by atoms with van der Waals surface area (Å²) in [5.74, 6) is 2.11. The molecule has 0 atom stereocenters. The monoisotopic (exact) mass is 387 g/mol. The lowest BCUT2D eigenvalue weighted by Crippen LogP contribution is -1.99. The van der Waals surface area contributed by atoms with E-state index in [4.69, 9.17) is 4.98 Å². The normalized spacial score (nSPS) is 13.6. The number of para-hydroxylation sites is 1. The number of aromatic nitrogens is 4. The fraction of sp³-hybridized carbons (Fsp3) is 0.143. The SMILES string of the molecule is O=Cc1ccc(Sc2nc(Nc3cc(C4CC4)[nH]n3)c3ccccc3n2)cc1. The van der Waals surface area contributed by atoms with Crippen LogP contribution in [0.5, 0.6) is 0 Å². The topological polar surface area (TPSA) is 83.6 Å². The predicted molar refractivity (Wildman–Crippen MR) is 109 cm³/mol. The number of aldehydes is 1. The molecule has 0 unspecified atom stereocenters. The zero-order chi connectivity index (χ0) is 18.9. The first-order chi connectivity index (χ1) is 13.8. The molecule has 2 aromatic carbocycles. The minimum atomic E-state index is 0.616. The summed E-state index contributed by atoms with van der Waals surface area (Å²) in [4.78, 5) is 21.2. The minimum Gasteiger partial charge on any atom is -0.323 e. The summed E-state index contributed by atoms with van der Waals surface area (Å²) in [5.41, 5.74) is 2.69. The van der Waals surface area contributed by atoms with Crippen LogP contribution >= 0.6 is 11.8 Å². The largest absolute Gasteiger partial charge is 0.323 e. The number of nitrogens with one attached hydrogen (secondary N) is 2. The van der Waals surface area contributed by atoms with Crippen molar-refractivity contribution in [1.82, 2.24) is 20.2 Å². The minimum absolute atomic E-state index is 0.616. The van der Waals surface area contributed by atoms with E-state index in [1.54, 1.807) is 12.1 Å². The van der Waals surface area contributed by atoms with Crippen molar-refractivity contribution in [3.63, 3.8) is 0 Å². The summed E-state index contributed by atoms with van der Waals surface area (Å²) in [7, 11) is 0. The Kier molecular flexibility index (Phi) is 4.29. The Morgan fingerprint density at radius 2 is 1.89 bits per heavy atom. The summed E-state index contributed by atoms with van der Waals surface area (Å²) >= 11 is 1.46. The van der Waals surface area contributed by atoms with Crippen molar-refractivity contribution < 1.29 is 4.79 Å². The number of rotatable bonds is 6. The molecule has 1 aliphatic carbocycles. The first-order valence-electron chi connectivity index (χ1n) is 9.11. The van der Waals surface area contributed by atoms with Gasteiger partial charge in [-0.05, 0) is 48.9 Å². The van der Waals surface area contributed by atoms with Gasteiger partial charge in [0.2, 0.25) is 0 Å². The van der Waals surface area contributed by atoms with Crippen LogP contribution in [0, 0.1) is 0 Å². The van der Waals surface area contributed by atoms with Gasteiger partial charge in [0.05, 0.1) is 5.52 Å². The molecule has 4 aromatic rings. The van der Waals surface area contributed by atoms with Gasteiger partial charge in [0.1, 0.15) is 12.1 Å². The van der Waals surface area contributed by atoms with E-state index < -0.39 is 0 Å². The Labute approximate surface area is 165 Å². The van der Waals surface area contributed by atoms with Crippen LogP contribution < -0.4 is 5.32 Å². The summed E-state index contributed by atoms with van der Waals surface area (Å²) < 4.78 is 0. The Hall–Kier alpha value is -3.19. The molecule has 2 heterocycles. The van der Waals surface area contributed by atoms with Crippen LogP contribution in [-0.2, 0) is 0 Å². The number of hydrogen-bond acceptors (Lipinski definition) is 6. The molecule has 5 rings (SSSR count). The van der Waals surface area contributed by atoms with Gasteiger partial charge < -0.3 is 5.32 Å². The van der Waals surface area contributed by atoms with E-state index in [0.29, 0.717) is 16.6 Å². The average Bonchev–Trinajstić information content (AvgIpc) is 3.48. The fourth-order valence-electron chi connectivity index (χ4n) is 3.04. The lowest BCUT2D eigenvalue weighted by Gasteiger charge is -2.09. The maximum atomic E-state index is 10.8. The van der Waals surface area contributed by atoms with Crippen molar-refractivity contribution >= 4 is 40.6 Å². The number of carbonyl (C=O) groups excluding carboxylic acids is 1. The summed E-state index contributed by atoms with van der Waals surface area (Å²) in [6, 6.07) is 17.3. The quantitative estimate of drug-likeness (QED) is 0.360. The fourth-order valence-corrected chi connectivity index (χ4v) is 3.81. The molecule has 2 N–H and O–H groups in total. The molecule has 6 nitrogen and oxygen atoms in total. The third-order valence-electron chi connectivity index (χ3n) is 4.67. The summed E-state index contributed by atoms with van der Waals surface area (Å²) in [5, 5.41) is 12.4. The molecule has 0 radical (unpaired) electrons. The molecule has 0 saturated heterocycles. The highest BCUT2D eigenvalue weighted by molar-refractivity contribution is 7.99. The van der Waals surface area contributed by atoms with Crippen LogP contribution in [-0.4, -0.2) is 26.5 Å². The van der Waals surface area contributed by atoms with Crippen molar-refractivity contribution in [1.29, 1.82) is 0 Å². The predicted octanol–water partition coefficient (Wildman–Crippen LogP) is 4.94. The molecule has 1 aliphatic rings. The van der Waals surface area contributed by atoms with Gasteiger partial charge in [-0.25, -0.2) is 9.97 Å². The average molecular weight is 387 g/mol. The van der Waals surface area contributed by atoms with Crippen LogP contribution in [0.1, 0.15) is 34.8 Å². The molecule has 0 aliphatic heterocycles. The number of hydrogen-bond donors (Lipinski definition) is 2. The van der Waals surface area contributed by atoms with E-state index in [1.807, 2.05) is 36.4 Å². The Bertz CT molecular complexity index is 1150. The molecule has 1 fully saturated rings. The number of benzene rings is 2. The molecule has 2 aromatic heterocycles. The highest BCUT2D eigenvalue weighted by Crippen LogP contribution is 2.40. The lowest BCUT2D eigenvalue weighted by atomic mass is 10.2. The first-order valence-corrected chi connectivity index (χ1v) is 9.92. The summed E-state index contributed by atoms with van der Waals surface area (Å²) in [6.45, 7) is 0. The first kappa shape index (κ1) is 16.9. The molecular weight excluding hydrogens is 370 g/mol. The molecular formula is C21H17N5OS. The van der Waals surface area contributed by atoms with E-state index in [9.17, 15) is 4.79 Å². The van der Waals surface area contributed by atoms with Crippen LogP contribution in [0.4, 0.5) is 11.6 Å². The summed E-state index contributed by atoms with van der Waals surface area (Å²) in [6.07, 6.45) is 3.28. The van der Waals surface area contributed by atoms with E-state index >= 15 is 0 Å². The van der Waals surface area contributed by atoms with Crippen LogP contribution in [0.2, 0.25) is 0 Å². The van der Waals surface area contributed by atoms with Crippen LogP contribution in [0.3, 0.4) is 0 Å². The smallest absolute Gasteiger partial charge is 0.195 e. The van der Waals surface area contributed by atoms with E-state index in [2.05, 4.69) is 26.6 Å². The van der Waals surface area contributed by atoms with Gasteiger partial charge in [-0.3, -0.25) is 9.89 Å². The van der Waals surface area contributed by atoms with E-state index in [0.717, 1.165) is 33.7 Å². The van der Waals surface area contributed by atoms with Crippen LogP contribution in [0.25, 0.3) is 10.9 Å². The number of aromatic amines is 1. The van der Waals surface area contributed by atoms with Crippen molar-refractivity contribution in [2.45, 2.75) is 28.8 Å². The third-order valence-corrected chi connectivity index (χ3v) is 5.54. The molecule has 0 amide bonds. The van der Waals surface area contributed by atoms with Gasteiger partial charge in [0, 0.05) is 33.5 Å². The standard InChI is InChI=1S/C21H17N5OS/c27-12-13-5-9-15(10-6-13)28-21-22-17-4-2-1-3-16(17)20(24-21)23-19-11-18(25-26-19)14-7-8-14/h1-6,9-12,14H,7-8H2,(H2,22,23,24,25,26). The molecule has 0 spiro atoms. The Morgan fingerprint density at radius 1 is 1.07 bits per heavy atom. The van der Waals surface area contributed by atoms with Gasteiger partial charge in [0.15, 0.2) is 11.0 Å². The molecule has 7 heteroatoms. The second-order valence-corrected chi connectivity index (χ2v) is 7.81. The van der Waals surface area contributed by atoms with Crippen molar-refractivity contribution in [2.24, 2.45) is 0 Å². The number of nitrogens with zero attached hydrogens (tertiary/aromatic N) is 3. The van der Waals surface area contributed by atoms with Crippen LogP contribution in [0.15, 0.2) is 64.6 Å². The van der Waals surface area contributed by atoms with E-state index in [1.165, 1.54) is 30.3 Å². The highest BCUT2D eigenvalue weighted by Gasteiger charge is 2.25. The molecule has 0 bridgehead atoms.